The lowest BCUT2D eigenvalue weighted by atomic mass is 9.80. The largest absolute Gasteiger partial charge is 0.455 e. The van der Waals surface area contributed by atoms with Crippen molar-refractivity contribution >= 4 is 58.4 Å². The third kappa shape index (κ3) is 27.1. The zero-order chi connectivity index (χ0) is 75.1. The summed E-state index contributed by atoms with van der Waals surface area (Å²) in [5, 5.41) is 16.5. The van der Waals surface area contributed by atoms with Crippen molar-refractivity contribution in [3.63, 3.8) is 0 Å². The maximum absolute atomic E-state index is 15.2. The highest BCUT2D eigenvalue weighted by Crippen LogP contribution is 2.42. The molecule has 0 radical (unpaired) electrons. The summed E-state index contributed by atoms with van der Waals surface area (Å²) in [4.78, 5) is 110. The van der Waals surface area contributed by atoms with E-state index < -0.39 is 178 Å². The Bertz CT molecular complexity index is 3270. The predicted octanol–water partition coefficient (Wildman–Crippen LogP) is 8.60. The molecule has 3 aromatic carbocycles. The average Bonchev–Trinajstić information content (AvgIpc) is 0.762. The van der Waals surface area contributed by atoms with E-state index in [1.54, 1.807) is 104 Å². The van der Waals surface area contributed by atoms with Crippen LogP contribution in [-0.4, -0.2) is 190 Å². The van der Waals surface area contributed by atoms with Crippen LogP contribution in [0.2, 0.25) is 0 Å². The summed E-state index contributed by atoms with van der Waals surface area (Å²) >= 11 is 0. The van der Waals surface area contributed by atoms with Gasteiger partial charge in [0.2, 0.25) is 0 Å². The molecule has 3 aromatic rings. The topological polar surface area (TPSA) is 363 Å². The van der Waals surface area contributed by atoms with Gasteiger partial charge in [-0.05, 0) is 140 Å². The molecular weight excluding hydrogens is 1340 g/mol. The van der Waals surface area contributed by atoms with Crippen molar-refractivity contribution in [3.8, 4) is 0 Å². The SMILES string of the molecule is CC(=O)OC1[C@@H](O[C@@H]2C(OS(C)(=O)=O)C(O[C@H]3OC(CNC(=O)OC(C)(C)C)CCC3NC(=O)OC(C)(C)C)[C@H](NC(=O)OC(C)(C)C)C[C@H]2NC(=O)[C@H](CCNC(=O)OC(C)(C)C)OC(C)=O)OC(COC(c2ccccc2)(c2ccccc2)c2ccccc2)C[C@@H]1NC(=O)OC(C)(C)C. The maximum atomic E-state index is 15.2. The van der Waals surface area contributed by atoms with Gasteiger partial charge in [-0.25, -0.2) is 24.0 Å². The number of benzene rings is 3. The zero-order valence-corrected chi connectivity index (χ0v) is 61.9. The van der Waals surface area contributed by atoms with Crippen LogP contribution in [0.4, 0.5) is 24.0 Å². The number of hydrogen-bond acceptors (Lipinski definition) is 23. The van der Waals surface area contributed by atoms with Crippen LogP contribution in [0.25, 0.3) is 0 Å². The van der Waals surface area contributed by atoms with Gasteiger partial charge in [0, 0.05) is 39.8 Å². The fourth-order valence-electron chi connectivity index (χ4n) is 11.5. The highest BCUT2D eigenvalue weighted by molar-refractivity contribution is 7.86. The van der Waals surface area contributed by atoms with Crippen LogP contribution < -0.4 is 31.9 Å². The monoisotopic (exact) mass is 1440 g/mol. The van der Waals surface area contributed by atoms with Gasteiger partial charge in [-0.3, -0.25) is 18.6 Å². The molecule has 6 unspecified atom stereocenters. The third-order valence-electron chi connectivity index (χ3n) is 15.1. The smallest absolute Gasteiger partial charge is 0.408 e. The van der Waals surface area contributed by atoms with Gasteiger partial charge in [-0.2, -0.15) is 8.42 Å². The van der Waals surface area contributed by atoms with Crippen LogP contribution in [0.3, 0.4) is 0 Å². The van der Waals surface area contributed by atoms with Gasteiger partial charge < -0.3 is 88.7 Å². The Balaban J connectivity index is 1.59. The molecule has 101 heavy (non-hydrogen) atoms. The maximum Gasteiger partial charge on any atom is 0.408 e. The summed E-state index contributed by atoms with van der Waals surface area (Å²) < 4.78 is 109. The van der Waals surface area contributed by atoms with E-state index in [2.05, 4.69) is 31.9 Å². The number of hydrogen-bond donors (Lipinski definition) is 6. The Kier molecular flexibility index (Phi) is 28.3. The predicted molar refractivity (Wildman–Crippen MR) is 366 cm³/mol. The van der Waals surface area contributed by atoms with Crippen molar-refractivity contribution < 1.29 is 108 Å². The first-order valence-electron chi connectivity index (χ1n) is 33.7. The molecule has 3 aliphatic rings. The summed E-state index contributed by atoms with van der Waals surface area (Å²) in [7, 11) is -4.81. The van der Waals surface area contributed by atoms with Crippen molar-refractivity contribution in [3.05, 3.63) is 108 Å². The summed E-state index contributed by atoms with van der Waals surface area (Å²) in [5.41, 5.74) is -4.33. The van der Waals surface area contributed by atoms with Crippen LogP contribution in [0, 0.1) is 0 Å². The number of rotatable bonds is 24. The summed E-state index contributed by atoms with van der Waals surface area (Å²) in [6.45, 7) is 25.9. The fraction of sp³-hybridized carbons (Fsp3) is 0.634. The van der Waals surface area contributed by atoms with Crippen molar-refractivity contribution in [1.82, 2.24) is 31.9 Å². The van der Waals surface area contributed by atoms with Crippen LogP contribution in [0.15, 0.2) is 91.0 Å². The fourth-order valence-corrected chi connectivity index (χ4v) is 12.2. The van der Waals surface area contributed by atoms with E-state index in [4.69, 9.17) is 61.0 Å². The van der Waals surface area contributed by atoms with E-state index in [9.17, 15) is 42.0 Å². The molecule has 1 saturated carbocycles. The number of carbonyl (C=O) groups is 8. The van der Waals surface area contributed by atoms with Crippen molar-refractivity contribution in [2.45, 2.75) is 263 Å². The molecule has 562 valence electrons. The second kappa shape index (κ2) is 34.9. The van der Waals surface area contributed by atoms with Crippen LogP contribution >= 0.6 is 0 Å². The third-order valence-corrected chi connectivity index (χ3v) is 15.7. The lowest BCUT2D eigenvalue weighted by Crippen LogP contribution is -2.70. The summed E-state index contributed by atoms with van der Waals surface area (Å²) in [6, 6.07) is 22.5. The molecular formula is C71H104N6O23S. The average molecular weight is 1440 g/mol. The van der Waals surface area contributed by atoms with E-state index in [1.165, 1.54) is 0 Å². The first-order valence-corrected chi connectivity index (χ1v) is 35.5. The molecule has 29 nitrogen and oxygen atoms in total. The molecule has 6 N–H and O–H groups in total. The molecule has 0 aromatic heterocycles. The Hall–Kier alpha value is -7.87. The quantitative estimate of drug-likeness (QED) is 0.0211. The molecule has 6 rings (SSSR count). The molecule has 2 aliphatic heterocycles. The van der Waals surface area contributed by atoms with Gasteiger partial charge in [-0.1, -0.05) is 91.0 Å². The van der Waals surface area contributed by atoms with E-state index in [-0.39, 0.29) is 45.4 Å². The van der Waals surface area contributed by atoms with Crippen molar-refractivity contribution in [1.29, 1.82) is 0 Å². The number of carbonyl (C=O) groups excluding carboxylic acids is 8. The Morgan fingerprint density at radius 1 is 0.475 bits per heavy atom. The van der Waals surface area contributed by atoms with Gasteiger partial charge in [0.25, 0.3) is 16.0 Å². The molecule has 2 saturated heterocycles. The minimum Gasteiger partial charge on any atom is -0.455 e. The number of amides is 6. The highest BCUT2D eigenvalue weighted by atomic mass is 32.2. The Morgan fingerprint density at radius 3 is 1.32 bits per heavy atom. The molecule has 30 heteroatoms. The Morgan fingerprint density at radius 2 is 0.881 bits per heavy atom. The van der Waals surface area contributed by atoms with Gasteiger partial charge in [0.05, 0.1) is 49.2 Å². The zero-order valence-electron chi connectivity index (χ0n) is 61.1. The standard InChI is InChI=1S/C71H104N6O23S/c1-42(78)89-53(36-37-72-61(81)95-66(3,4)5)58(80)74-51-39-52(77-65(85)99-70(15,16)17)55(93-59-49(75-63(83)97-68(9,10)11)35-34-47(91-59)40-73-62(82)96-67(6,7)8)57(100-101(18,86)87)54(51)94-60-56(90-43(2)79)50(76-64(84)98-69(12,13)14)38-48(92-60)41-88-71(44-28-22-19-23-29-44,45-30-24-20-25-31-45)46-32-26-21-27-33-46/h19-33,47-57,59-60H,34-41H2,1-18H3,(H,72,81)(H,73,82)(H,74,80)(H,75,83)(H,76,84)(H,77,85)/t47?,48?,49?,50-,51+,52+,53-,54-,55?,56?,57?,59+,60+/m0/s1. The molecule has 0 bridgehead atoms. The molecule has 2 heterocycles. The summed E-state index contributed by atoms with van der Waals surface area (Å²) in [5.74, 6) is -2.89. The van der Waals surface area contributed by atoms with E-state index in [0.29, 0.717) is 22.9 Å². The molecule has 3 fully saturated rings. The van der Waals surface area contributed by atoms with Gasteiger partial charge in [0.15, 0.2) is 24.8 Å². The molecule has 0 spiro atoms. The van der Waals surface area contributed by atoms with E-state index in [0.717, 1.165) is 13.8 Å². The first kappa shape index (κ1) is 82.1. The first-order chi connectivity index (χ1) is 46.8. The second-order valence-corrected chi connectivity index (χ2v) is 31.6. The second-order valence-electron chi connectivity index (χ2n) is 30.0. The number of nitrogens with one attached hydrogen (secondary N) is 6. The number of esters is 2. The van der Waals surface area contributed by atoms with Crippen molar-refractivity contribution in [2.75, 3.05) is 26.0 Å². The minimum atomic E-state index is -4.81. The van der Waals surface area contributed by atoms with Gasteiger partial charge in [-0.15, -0.1) is 0 Å². The van der Waals surface area contributed by atoms with Gasteiger partial charge >= 0.3 is 42.4 Å². The number of alkyl carbamates (subject to hydrolysis) is 5. The van der Waals surface area contributed by atoms with Gasteiger partial charge in [0.1, 0.15) is 51.9 Å². The molecule has 13 atom stereocenters. The van der Waals surface area contributed by atoms with E-state index >= 15 is 4.79 Å². The van der Waals surface area contributed by atoms with Crippen LogP contribution in [-0.2, 0) is 91.1 Å². The minimum absolute atomic E-state index is 0.0631. The summed E-state index contributed by atoms with van der Waals surface area (Å²) in [6.07, 6.45) is -19.7. The Labute approximate surface area is 592 Å². The lowest BCUT2D eigenvalue weighted by Gasteiger charge is -2.50. The normalized spacial score (nSPS) is 24.0. The molecule has 1 aliphatic carbocycles. The van der Waals surface area contributed by atoms with Crippen LogP contribution in [0.1, 0.15) is 166 Å². The number of ether oxygens (including phenoxy) is 12. The van der Waals surface area contributed by atoms with Crippen molar-refractivity contribution in [2.24, 2.45) is 0 Å². The molecule has 6 amide bonds. The van der Waals surface area contributed by atoms with Crippen LogP contribution in [0.5, 0.6) is 0 Å². The lowest BCUT2D eigenvalue weighted by molar-refractivity contribution is -0.304. The highest BCUT2D eigenvalue weighted by Gasteiger charge is 2.56. The van der Waals surface area contributed by atoms with E-state index in [1.807, 2.05) is 91.0 Å².